The number of rotatable bonds is 6. The van der Waals surface area contributed by atoms with Crippen molar-refractivity contribution in [2.45, 2.75) is 32.9 Å². The van der Waals surface area contributed by atoms with E-state index >= 15 is 0 Å². The van der Waals surface area contributed by atoms with Crippen LogP contribution in [0.25, 0.3) is 11.0 Å². The quantitative estimate of drug-likeness (QED) is 0.849. The van der Waals surface area contributed by atoms with Crippen molar-refractivity contribution in [3.8, 4) is 0 Å². The van der Waals surface area contributed by atoms with E-state index in [-0.39, 0.29) is 6.04 Å². The first kappa shape index (κ1) is 13.1. The molecule has 0 spiro atoms. The first-order chi connectivity index (χ1) is 8.76. The average Bonchev–Trinajstić information content (AvgIpc) is 2.73. The molecule has 4 nitrogen and oxygen atoms in total. The molecule has 1 unspecified atom stereocenters. The van der Waals surface area contributed by atoms with E-state index in [1.54, 1.807) is 0 Å². The van der Waals surface area contributed by atoms with Gasteiger partial charge in [-0.3, -0.25) is 0 Å². The molecule has 2 N–H and O–H groups in total. The summed E-state index contributed by atoms with van der Waals surface area (Å²) in [6.07, 6.45) is 0.753. The number of hydrogen-bond donors (Lipinski definition) is 1. The minimum Gasteiger partial charge on any atom is -0.380 e. The van der Waals surface area contributed by atoms with Gasteiger partial charge in [0.1, 0.15) is 5.82 Å². The maximum absolute atomic E-state index is 6.06. The van der Waals surface area contributed by atoms with E-state index in [0.29, 0.717) is 13.2 Å². The van der Waals surface area contributed by atoms with Crippen molar-refractivity contribution in [3.63, 3.8) is 0 Å². The van der Waals surface area contributed by atoms with Crippen LogP contribution in [0.5, 0.6) is 0 Å². The number of aryl methyl sites for hydroxylation is 1. The number of nitrogens with two attached hydrogens (primary N) is 1. The first-order valence-electron chi connectivity index (χ1n) is 6.53. The molecular formula is C14H21N3O. The number of benzene rings is 1. The van der Waals surface area contributed by atoms with Crippen LogP contribution in [0, 0.1) is 0 Å². The fourth-order valence-electron chi connectivity index (χ4n) is 2.20. The van der Waals surface area contributed by atoms with Gasteiger partial charge in [0.15, 0.2) is 0 Å². The maximum Gasteiger partial charge on any atom is 0.111 e. The molecule has 0 saturated carbocycles. The highest BCUT2D eigenvalue weighted by atomic mass is 16.5. The predicted molar refractivity (Wildman–Crippen MR) is 73.6 cm³/mol. The number of fused-ring (bicyclic) bond motifs is 1. The summed E-state index contributed by atoms with van der Waals surface area (Å²) in [6, 6.07) is 8.20. The maximum atomic E-state index is 6.06. The molecule has 0 radical (unpaired) electrons. The third-order valence-electron chi connectivity index (χ3n) is 3.03. The zero-order chi connectivity index (χ0) is 13.0. The molecule has 2 rings (SSSR count). The summed E-state index contributed by atoms with van der Waals surface area (Å²) in [7, 11) is 0. The number of hydrogen-bond acceptors (Lipinski definition) is 3. The van der Waals surface area contributed by atoms with Crippen molar-refractivity contribution in [1.82, 2.24) is 9.55 Å². The van der Waals surface area contributed by atoms with Gasteiger partial charge in [-0.05, 0) is 26.0 Å². The largest absolute Gasteiger partial charge is 0.380 e. The van der Waals surface area contributed by atoms with E-state index in [1.165, 1.54) is 5.52 Å². The molecule has 18 heavy (non-hydrogen) atoms. The summed E-state index contributed by atoms with van der Waals surface area (Å²) < 4.78 is 7.58. The van der Waals surface area contributed by atoms with E-state index in [1.807, 2.05) is 25.1 Å². The van der Waals surface area contributed by atoms with Gasteiger partial charge >= 0.3 is 0 Å². The standard InChI is InChI=1S/C14H21N3O/c1-3-17-13-8-6-5-7-12(13)16-14(17)9-11(15)10-18-4-2/h5-8,11H,3-4,9-10,15H2,1-2H3. The summed E-state index contributed by atoms with van der Waals surface area (Å²) in [5.41, 5.74) is 8.28. The monoisotopic (exact) mass is 247 g/mol. The molecule has 1 heterocycles. The van der Waals surface area contributed by atoms with Crippen molar-refractivity contribution in [2.75, 3.05) is 13.2 Å². The predicted octanol–water partition coefficient (Wildman–Crippen LogP) is 1.96. The smallest absolute Gasteiger partial charge is 0.111 e. The van der Waals surface area contributed by atoms with Crippen LogP contribution in [0.2, 0.25) is 0 Å². The lowest BCUT2D eigenvalue weighted by Gasteiger charge is -2.12. The molecular weight excluding hydrogens is 226 g/mol. The van der Waals surface area contributed by atoms with Crippen LogP contribution in [0.1, 0.15) is 19.7 Å². The second kappa shape index (κ2) is 5.98. The minimum absolute atomic E-state index is 0.00654. The van der Waals surface area contributed by atoms with Gasteiger partial charge < -0.3 is 15.0 Å². The third kappa shape index (κ3) is 2.71. The normalized spacial score (nSPS) is 13.1. The molecule has 0 saturated heterocycles. The highest BCUT2D eigenvalue weighted by Crippen LogP contribution is 2.16. The Hall–Kier alpha value is -1.39. The van der Waals surface area contributed by atoms with Crippen LogP contribution < -0.4 is 5.73 Å². The second-order valence-electron chi connectivity index (χ2n) is 4.38. The Morgan fingerprint density at radius 3 is 2.83 bits per heavy atom. The van der Waals surface area contributed by atoms with E-state index in [9.17, 15) is 0 Å². The topological polar surface area (TPSA) is 53.1 Å². The molecule has 1 aromatic carbocycles. The molecule has 4 heteroatoms. The van der Waals surface area contributed by atoms with Gasteiger partial charge in [-0.15, -0.1) is 0 Å². The fraction of sp³-hybridized carbons (Fsp3) is 0.500. The van der Waals surface area contributed by atoms with Gasteiger partial charge in [0, 0.05) is 25.6 Å². The van der Waals surface area contributed by atoms with Crippen LogP contribution in [-0.2, 0) is 17.7 Å². The fourth-order valence-corrected chi connectivity index (χ4v) is 2.20. The van der Waals surface area contributed by atoms with Gasteiger partial charge in [0.25, 0.3) is 0 Å². The average molecular weight is 247 g/mol. The summed E-state index contributed by atoms with van der Waals surface area (Å²) in [5.74, 6) is 1.05. The summed E-state index contributed by atoms with van der Waals surface area (Å²) in [6.45, 7) is 6.32. The summed E-state index contributed by atoms with van der Waals surface area (Å²) in [5, 5.41) is 0. The highest BCUT2D eigenvalue weighted by Gasteiger charge is 2.12. The van der Waals surface area contributed by atoms with Crippen LogP contribution in [0.4, 0.5) is 0 Å². The van der Waals surface area contributed by atoms with E-state index in [4.69, 9.17) is 10.5 Å². The van der Waals surface area contributed by atoms with Crippen molar-refractivity contribution in [3.05, 3.63) is 30.1 Å². The Morgan fingerprint density at radius 1 is 1.33 bits per heavy atom. The van der Waals surface area contributed by atoms with Crippen LogP contribution in [0.3, 0.4) is 0 Å². The molecule has 2 aromatic rings. The molecule has 0 bridgehead atoms. The summed E-state index contributed by atoms with van der Waals surface area (Å²) >= 11 is 0. The number of nitrogens with zero attached hydrogens (tertiary/aromatic N) is 2. The van der Waals surface area contributed by atoms with Crippen molar-refractivity contribution < 1.29 is 4.74 Å². The molecule has 0 aliphatic heterocycles. The lowest BCUT2D eigenvalue weighted by atomic mass is 10.2. The van der Waals surface area contributed by atoms with Crippen LogP contribution >= 0.6 is 0 Å². The van der Waals surface area contributed by atoms with Crippen LogP contribution in [0.15, 0.2) is 24.3 Å². The lowest BCUT2D eigenvalue weighted by Crippen LogP contribution is -2.30. The Kier molecular flexibility index (Phi) is 4.33. The molecule has 0 aliphatic carbocycles. The zero-order valence-corrected chi connectivity index (χ0v) is 11.1. The molecule has 0 fully saturated rings. The van der Waals surface area contributed by atoms with Gasteiger partial charge in [-0.1, -0.05) is 12.1 Å². The Bertz CT molecular complexity index is 507. The van der Waals surface area contributed by atoms with Crippen LogP contribution in [-0.4, -0.2) is 28.8 Å². The Balaban J connectivity index is 2.21. The minimum atomic E-state index is 0.00654. The Labute approximate surface area is 108 Å². The first-order valence-corrected chi connectivity index (χ1v) is 6.53. The van der Waals surface area contributed by atoms with Gasteiger partial charge in [-0.25, -0.2) is 4.98 Å². The highest BCUT2D eigenvalue weighted by molar-refractivity contribution is 5.75. The molecule has 1 atom stereocenters. The van der Waals surface area contributed by atoms with Gasteiger partial charge in [0.05, 0.1) is 17.6 Å². The number of ether oxygens (including phenoxy) is 1. The Morgan fingerprint density at radius 2 is 2.11 bits per heavy atom. The molecule has 98 valence electrons. The number of para-hydroxylation sites is 2. The SMILES string of the molecule is CCOCC(N)Cc1nc2ccccc2n1CC. The molecule has 1 aromatic heterocycles. The van der Waals surface area contributed by atoms with Crippen molar-refractivity contribution in [1.29, 1.82) is 0 Å². The zero-order valence-electron chi connectivity index (χ0n) is 11.1. The van der Waals surface area contributed by atoms with E-state index in [2.05, 4.69) is 22.5 Å². The lowest BCUT2D eigenvalue weighted by molar-refractivity contribution is 0.132. The second-order valence-corrected chi connectivity index (χ2v) is 4.38. The molecule has 0 aliphatic rings. The summed E-state index contributed by atoms with van der Waals surface area (Å²) in [4.78, 5) is 4.66. The number of aromatic nitrogens is 2. The number of imidazole rings is 1. The van der Waals surface area contributed by atoms with Gasteiger partial charge in [0.2, 0.25) is 0 Å². The van der Waals surface area contributed by atoms with Gasteiger partial charge in [-0.2, -0.15) is 0 Å². The van der Waals surface area contributed by atoms with E-state index in [0.717, 1.165) is 24.3 Å². The van der Waals surface area contributed by atoms with Crippen molar-refractivity contribution >= 4 is 11.0 Å². The van der Waals surface area contributed by atoms with E-state index < -0.39 is 0 Å². The third-order valence-corrected chi connectivity index (χ3v) is 3.03. The van der Waals surface area contributed by atoms with Crippen molar-refractivity contribution in [2.24, 2.45) is 5.73 Å². The molecule has 0 amide bonds.